The highest BCUT2D eigenvalue weighted by Gasteiger charge is 2.27. The van der Waals surface area contributed by atoms with E-state index >= 15 is 0 Å². The molecule has 1 fully saturated rings. The standard InChI is InChI=1S/C20H26N4O3/c1-13(2)14-4-6-16(7-5-14)27-19-17(21)18(22-12-23-19)24-10-8-15(9-11-24)20(25)26-3/h4-7,12-13,15H,8-11,21H2,1-3H3. The minimum Gasteiger partial charge on any atom is -0.469 e. The second kappa shape index (κ2) is 8.24. The van der Waals surface area contributed by atoms with Crippen LogP contribution in [0.5, 0.6) is 11.6 Å². The number of aromatic nitrogens is 2. The summed E-state index contributed by atoms with van der Waals surface area (Å²) in [6, 6.07) is 7.91. The molecule has 0 bridgehead atoms. The summed E-state index contributed by atoms with van der Waals surface area (Å²) in [6.45, 7) is 5.66. The molecule has 7 heteroatoms. The third kappa shape index (κ3) is 4.30. The highest BCUT2D eigenvalue weighted by Crippen LogP contribution is 2.33. The molecule has 0 amide bonds. The van der Waals surface area contributed by atoms with Gasteiger partial charge in [-0.1, -0.05) is 26.0 Å². The maximum atomic E-state index is 11.7. The number of rotatable bonds is 5. The molecule has 1 aliphatic rings. The molecule has 0 aliphatic carbocycles. The number of carbonyl (C=O) groups is 1. The summed E-state index contributed by atoms with van der Waals surface area (Å²) in [5.74, 6) is 1.90. The van der Waals surface area contributed by atoms with Crippen molar-refractivity contribution in [3.8, 4) is 11.6 Å². The van der Waals surface area contributed by atoms with Crippen LogP contribution >= 0.6 is 0 Å². The van der Waals surface area contributed by atoms with Crippen molar-refractivity contribution in [2.75, 3.05) is 30.8 Å². The number of nitrogens with zero attached hydrogens (tertiary/aromatic N) is 3. The lowest BCUT2D eigenvalue weighted by Crippen LogP contribution is -2.37. The quantitative estimate of drug-likeness (QED) is 0.807. The second-order valence-electron chi connectivity index (χ2n) is 7.03. The van der Waals surface area contributed by atoms with Crippen LogP contribution in [0, 0.1) is 5.92 Å². The van der Waals surface area contributed by atoms with Crippen LogP contribution in [0.1, 0.15) is 38.2 Å². The Kier molecular flexibility index (Phi) is 5.78. The van der Waals surface area contributed by atoms with E-state index in [0.29, 0.717) is 55.0 Å². The van der Waals surface area contributed by atoms with E-state index in [1.54, 1.807) is 0 Å². The first-order chi connectivity index (χ1) is 13.0. The number of hydrogen-bond acceptors (Lipinski definition) is 7. The first kappa shape index (κ1) is 18.9. The fourth-order valence-corrected chi connectivity index (χ4v) is 3.23. The maximum absolute atomic E-state index is 11.7. The monoisotopic (exact) mass is 370 g/mol. The second-order valence-corrected chi connectivity index (χ2v) is 7.03. The number of carbonyl (C=O) groups excluding carboxylic acids is 1. The zero-order valence-corrected chi connectivity index (χ0v) is 16.0. The predicted molar refractivity (Wildman–Crippen MR) is 104 cm³/mol. The molecule has 1 saturated heterocycles. The Bertz CT molecular complexity index is 784. The lowest BCUT2D eigenvalue weighted by atomic mass is 9.97. The van der Waals surface area contributed by atoms with E-state index < -0.39 is 0 Å². The van der Waals surface area contributed by atoms with Crippen molar-refractivity contribution in [2.45, 2.75) is 32.6 Å². The average Bonchev–Trinajstić information content (AvgIpc) is 2.69. The fourth-order valence-electron chi connectivity index (χ4n) is 3.23. The molecule has 1 aromatic carbocycles. The van der Waals surface area contributed by atoms with Gasteiger partial charge in [-0.15, -0.1) is 0 Å². The van der Waals surface area contributed by atoms with Gasteiger partial charge in [-0.25, -0.2) is 4.98 Å². The molecule has 0 radical (unpaired) electrons. The van der Waals surface area contributed by atoms with Crippen molar-refractivity contribution >= 4 is 17.5 Å². The van der Waals surface area contributed by atoms with Gasteiger partial charge >= 0.3 is 5.97 Å². The van der Waals surface area contributed by atoms with Gasteiger partial charge in [0.25, 0.3) is 0 Å². The summed E-state index contributed by atoms with van der Waals surface area (Å²) in [5.41, 5.74) is 7.92. The van der Waals surface area contributed by atoms with Gasteiger partial charge in [0.1, 0.15) is 17.8 Å². The minimum absolute atomic E-state index is 0.0653. The molecule has 2 aromatic rings. The van der Waals surface area contributed by atoms with Crippen molar-refractivity contribution in [3.05, 3.63) is 36.2 Å². The Morgan fingerprint density at radius 1 is 1.19 bits per heavy atom. The molecule has 0 spiro atoms. The zero-order valence-electron chi connectivity index (χ0n) is 16.0. The van der Waals surface area contributed by atoms with Gasteiger partial charge in [-0.05, 0) is 36.5 Å². The lowest BCUT2D eigenvalue weighted by Gasteiger charge is -2.32. The van der Waals surface area contributed by atoms with E-state index in [0.717, 1.165) is 0 Å². The molecule has 0 saturated carbocycles. The predicted octanol–water partition coefficient (Wildman–Crippen LogP) is 3.36. The molecule has 0 unspecified atom stereocenters. The maximum Gasteiger partial charge on any atom is 0.308 e. The average molecular weight is 370 g/mol. The van der Waals surface area contributed by atoms with E-state index in [2.05, 4.69) is 28.7 Å². The van der Waals surface area contributed by atoms with Crippen LogP contribution in [0.4, 0.5) is 11.5 Å². The van der Waals surface area contributed by atoms with Gasteiger partial charge in [-0.3, -0.25) is 4.79 Å². The highest BCUT2D eigenvalue weighted by atomic mass is 16.5. The molecule has 7 nitrogen and oxygen atoms in total. The van der Waals surface area contributed by atoms with Crippen LogP contribution in [-0.2, 0) is 9.53 Å². The van der Waals surface area contributed by atoms with Crippen molar-refractivity contribution in [1.82, 2.24) is 9.97 Å². The third-order valence-electron chi connectivity index (χ3n) is 4.92. The number of nitrogen functional groups attached to an aromatic ring is 1. The van der Waals surface area contributed by atoms with Gasteiger partial charge in [0.05, 0.1) is 13.0 Å². The number of benzene rings is 1. The summed E-state index contributed by atoms with van der Waals surface area (Å²) in [5, 5.41) is 0. The minimum atomic E-state index is -0.154. The van der Waals surface area contributed by atoms with Gasteiger partial charge < -0.3 is 20.1 Å². The molecule has 2 heterocycles. The summed E-state index contributed by atoms with van der Waals surface area (Å²) in [4.78, 5) is 22.3. The van der Waals surface area contributed by atoms with Gasteiger partial charge in [0.15, 0.2) is 5.82 Å². The summed E-state index contributed by atoms with van der Waals surface area (Å²) in [7, 11) is 1.43. The van der Waals surface area contributed by atoms with Crippen molar-refractivity contribution in [3.63, 3.8) is 0 Å². The summed E-state index contributed by atoms with van der Waals surface area (Å²) < 4.78 is 10.7. The zero-order chi connectivity index (χ0) is 19.4. The van der Waals surface area contributed by atoms with Crippen LogP contribution < -0.4 is 15.4 Å². The number of nitrogens with two attached hydrogens (primary N) is 1. The Hall–Kier alpha value is -2.83. The third-order valence-corrected chi connectivity index (χ3v) is 4.92. The molecule has 1 aliphatic heterocycles. The first-order valence-corrected chi connectivity index (χ1v) is 9.20. The van der Waals surface area contributed by atoms with Gasteiger partial charge in [0.2, 0.25) is 5.88 Å². The smallest absolute Gasteiger partial charge is 0.308 e. The molecular formula is C20H26N4O3. The van der Waals surface area contributed by atoms with Crippen LogP contribution in [0.3, 0.4) is 0 Å². The number of ether oxygens (including phenoxy) is 2. The molecular weight excluding hydrogens is 344 g/mol. The highest BCUT2D eigenvalue weighted by molar-refractivity contribution is 5.73. The molecule has 144 valence electrons. The number of esters is 1. The van der Waals surface area contributed by atoms with Crippen molar-refractivity contribution in [2.24, 2.45) is 5.92 Å². The molecule has 2 N–H and O–H groups in total. The topological polar surface area (TPSA) is 90.6 Å². The van der Waals surface area contributed by atoms with Crippen molar-refractivity contribution < 1.29 is 14.3 Å². The summed E-state index contributed by atoms with van der Waals surface area (Å²) in [6.07, 6.45) is 2.88. The van der Waals surface area contributed by atoms with E-state index in [9.17, 15) is 4.79 Å². The molecule has 27 heavy (non-hydrogen) atoms. The molecule has 0 atom stereocenters. The number of hydrogen-bond donors (Lipinski definition) is 1. The lowest BCUT2D eigenvalue weighted by molar-refractivity contribution is -0.146. The van der Waals surface area contributed by atoms with Gasteiger partial charge in [0, 0.05) is 13.1 Å². The van der Waals surface area contributed by atoms with E-state index in [1.165, 1.54) is 19.0 Å². The van der Waals surface area contributed by atoms with Crippen LogP contribution in [0.2, 0.25) is 0 Å². The van der Waals surface area contributed by atoms with Crippen molar-refractivity contribution in [1.29, 1.82) is 0 Å². The van der Waals surface area contributed by atoms with E-state index in [-0.39, 0.29) is 11.9 Å². The van der Waals surface area contributed by atoms with E-state index in [4.69, 9.17) is 15.2 Å². The largest absolute Gasteiger partial charge is 0.469 e. The number of piperidine rings is 1. The SMILES string of the molecule is COC(=O)C1CCN(c2ncnc(Oc3ccc(C(C)C)cc3)c2N)CC1. The molecule has 3 rings (SSSR count). The van der Waals surface area contributed by atoms with Gasteiger partial charge in [-0.2, -0.15) is 4.98 Å². The Labute approximate surface area is 159 Å². The van der Waals surface area contributed by atoms with Crippen LogP contribution in [0.25, 0.3) is 0 Å². The first-order valence-electron chi connectivity index (χ1n) is 9.20. The fraction of sp³-hybridized carbons (Fsp3) is 0.450. The normalized spacial score (nSPS) is 15.0. The summed E-state index contributed by atoms with van der Waals surface area (Å²) >= 11 is 0. The number of methoxy groups -OCH3 is 1. The van der Waals surface area contributed by atoms with Crippen LogP contribution in [-0.4, -0.2) is 36.1 Å². The van der Waals surface area contributed by atoms with Crippen LogP contribution in [0.15, 0.2) is 30.6 Å². The Morgan fingerprint density at radius 3 is 2.44 bits per heavy atom. The Morgan fingerprint density at radius 2 is 1.85 bits per heavy atom. The number of anilines is 2. The Balaban J connectivity index is 1.72. The van der Waals surface area contributed by atoms with E-state index in [1.807, 2.05) is 24.3 Å². The molecule has 1 aromatic heterocycles.